The van der Waals surface area contributed by atoms with Crippen LogP contribution in [0.15, 0.2) is 36.5 Å². The predicted octanol–water partition coefficient (Wildman–Crippen LogP) is 18.1. The summed E-state index contributed by atoms with van der Waals surface area (Å²) in [4.78, 5) is 38.0. The van der Waals surface area contributed by atoms with Crippen LogP contribution in [0.2, 0.25) is 0 Å². The van der Waals surface area contributed by atoms with Gasteiger partial charge in [-0.05, 0) is 70.6 Å². The molecule has 0 saturated carbocycles. The lowest BCUT2D eigenvalue weighted by Crippen LogP contribution is -2.30. The van der Waals surface area contributed by atoms with E-state index in [2.05, 4.69) is 57.2 Å². The van der Waals surface area contributed by atoms with Crippen molar-refractivity contribution in [3.63, 3.8) is 0 Å². The van der Waals surface area contributed by atoms with Crippen molar-refractivity contribution in [3.8, 4) is 0 Å². The van der Waals surface area contributed by atoms with Gasteiger partial charge in [-0.3, -0.25) is 14.4 Å². The monoisotopic (exact) mass is 885 g/mol. The Morgan fingerprint density at radius 3 is 0.968 bits per heavy atom. The SMILES string of the molecule is CCCC/C=C\CCCCCCCC(=O)O[C@H](COC(=O)CCCCCCC/C=C\C/C=C\CCCCC)COC(=O)CCCCCCCCCCCCCCCCCCCCC. The van der Waals surface area contributed by atoms with Crippen LogP contribution in [0.1, 0.15) is 290 Å². The minimum Gasteiger partial charge on any atom is -0.462 e. The fraction of sp³-hybridized carbons (Fsp3) is 0.842. The molecular weight excluding hydrogens is 781 g/mol. The molecule has 0 bridgehead atoms. The lowest BCUT2D eigenvalue weighted by molar-refractivity contribution is -0.167. The summed E-state index contributed by atoms with van der Waals surface area (Å²) in [5, 5.41) is 0. The maximum Gasteiger partial charge on any atom is 0.306 e. The van der Waals surface area contributed by atoms with E-state index in [-0.39, 0.29) is 31.1 Å². The van der Waals surface area contributed by atoms with Crippen molar-refractivity contribution in [2.45, 2.75) is 297 Å². The van der Waals surface area contributed by atoms with Crippen molar-refractivity contribution >= 4 is 17.9 Å². The number of unbranched alkanes of at least 4 members (excludes halogenated alkanes) is 33. The third-order valence-electron chi connectivity index (χ3n) is 12.1. The lowest BCUT2D eigenvalue weighted by atomic mass is 10.0. The van der Waals surface area contributed by atoms with E-state index in [0.29, 0.717) is 19.3 Å². The van der Waals surface area contributed by atoms with Crippen molar-refractivity contribution in [2.24, 2.45) is 0 Å². The van der Waals surface area contributed by atoms with Gasteiger partial charge in [-0.1, -0.05) is 237 Å². The van der Waals surface area contributed by atoms with E-state index >= 15 is 0 Å². The summed E-state index contributed by atoms with van der Waals surface area (Å²) < 4.78 is 16.8. The Morgan fingerprint density at radius 1 is 0.317 bits per heavy atom. The highest BCUT2D eigenvalue weighted by Gasteiger charge is 2.19. The van der Waals surface area contributed by atoms with Crippen LogP contribution >= 0.6 is 0 Å². The molecule has 0 aliphatic heterocycles. The number of hydrogen-bond acceptors (Lipinski definition) is 6. The Morgan fingerprint density at radius 2 is 0.587 bits per heavy atom. The summed E-state index contributed by atoms with van der Waals surface area (Å²) in [7, 11) is 0. The van der Waals surface area contributed by atoms with Gasteiger partial charge in [0.05, 0.1) is 0 Å². The van der Waals surface area contributed by atoms with E-state index in [1.54, 1.807) is 0 Å². The molecule has 0 aromatic carbocycles. The summed E-state index contributed by atoms with van der Waals surface area (Å²) in [5.41, 5.74) is 0. The molecule has 0 radical (unpaired) electrons. The minimum absolute atomic E-state index is 0.0769. The van der Waals surface area contributed by atoms with Gasteiger partial charge in [0.15, 0.2) is 6.10 Å². The summed E-state index contributed by atoms with van der Waals surface area (Å²) in [5.74, 6) is -0.888. The number of hydrogen-bond donors (Lipinski definition) is 0. The van der Waals surface area contributed by atoms with E-state index in [9.17, 15) is 14.4 Å². The molecule has 0 amide bonds. The van der Waals surface area contributed by atoms with Crippen LogP contribution in [0.5, 0.6) is 0 Å². The molecule has 0 unspecified atom stereocenters. The fourth-order valence-electron chi connectivity index (χ4n) is 7.93. The zero-order valence-corrected chi connectivity index (χ0v) is 42.1. The van der Waals surface area contributed by atoms with Gasteiger partial charge in [-0.2, -0.15) is 0 Å². The maximum absolute atomic E-state index is 12.8. The Kier molecular flexibility index (Phi) is 50.3. The Labute approximate surface area is 391 Å². The highest BCUT2D eigenvalue weighted by atomic mass is 16.6. The number of carbonyl (C=O) groups excluding carboxylic acids is 3. The minimum atomic E-state index is -0.778. The molecule has 6 nitrogen and oxygen atoms in total. The second-order valence-electron chi connectivity index (χ2n) is 18.5. The van der Waals surface area contributed by atoms with Crippen LogP contribution in [-0.2, 0) is 28.6 Å². The van der Waals surface area contributed by atoms with E-state index in [0.717, 1.165) is 89.9 Å². The zero-order valence-electron chi connectivity index (χ0n) is 42.1. The Hall–Kier alpha value is -2.37. The first-order valence-electron chi connectivity index (χ1n) is 27.5. The molecule has 0 spiro atoms. The van der Waals surface area contributed by atoms with E-state index in [4.69, 9.17) is 14.2 Å². The third-order valence-corrected chi connectivity index (χ3v) is 12.1. The molecule has 0 aromatic heterocycles. The first kappa shape index (κ1) is 60.6. The second-order valence-corrected chi connectivity index (χ2v) is 18.5. The summed E-state index contributed by atoms with van der Waals surface area (Å²) in [6.45, 7) is 6.59. The van der Waals surface area contributed by atoms with Crippen molar-refractivity contribution in [3.05, 3.63) is 36.5 Å². The average molecular weight is 885 g/mol. The fourth-order valence-corrected chi connectivity index (χ4v) is 7.93. The normalized spacial score (nSPS) is 12.2. The summed E-state index contributed by atoms with van der Waals surface area (Å²) in [6, 6.07) is 0. The molecule has 1 atom stereocenters. The third kappa shape index (κ3) is 50.5. The van der Waals surface area contributed by atoms with Gasteiger partial charge < -0.3 is 14.2 Å². The van der Waals surface area contributed by atoms with E-state index in [1.807, 2.05) is 0 Å². The van der Waals surface area contributed by atoms with Crippen molar-refractivity contribution in [2.75, 3.05) is 13.2 Å². The number of ether oxygens (including phenoxy) is 3. The molecule has 0 fully saturated rings. The van der Waals surface area contributed by atoms with Crippen LogP contribution in [0, 0.1) is 0 Å². The quantitative estimate of drug-likeness (QED) is 0.0262. The molecule has 0 aliphatic carbocycles. The van der Waals surface area contributed by atoms with E-state index < -0.39 is 6.10 Å². The molecule has 0 aromatic rings. The second kappa shape index (κ2) is 52.3. The number of esters is 3. The smallest absolute Gasteiger partial charge is 0.306 e. The highest BCUT2D eigenvalue weighted by molar-refractivity contribution is 5.71. The molecule has 0 saturated heterocycles. The molecule has 63 heavy (non-hydrogen) atoms. The van der Waals surface area contributed by atoms with Crippen molar-refractivity contribution in [1.82, 2.24) is 0 Å². The first-order valence-corrected chi connectivity index (χ1v) is 27.5. The van der Waals surface area contributed by atoms with Crippen LogP contribution in [0.25, 0.3) is 0 Å². The molecule has 6 heteroatoms. The van der Waals surface area contributed by atoms with Gasteiger partial charge in [0, 0.05) is 19.3 Å². The summed E-state index contributed by atoms with van der Waals surface area (Å²) >= 11 is 0. The predicted molar refractivity (Wildman–Crippen MR) is 270 cm³/mol. The Balaban J connectivity index is 4.29. The highest BCUT2D eigenvalue weighted by Crippen LogP contribution is 2.16. The largest absolute Gasteiger partial charge is 0.462 e. The van der Waals surface area contributed by atoms with Crippen molar-refractivity contribution in [1.29, 1.82) is 0 Å². The first-order chi connectivity index (χ1) is 31.0. The Bertz CT molecular complexity index is 1060. The number of carbonyl (C=O) groups is 3. The van der Waals surface area contributed by atoms with Crippen LogP contribution in [-0.4, -0.2) is 37.2 Å². The lowest BCUT2D eigenvalue weighted by Gasteiger charge is -2.18. The number of rotatable bonds is 50. The molecule has 368 valence electrons. The molecule has 0 N–H and O–H groups in total. The van der Waals surface area contributed by atoms with Crippen LogP contribution in [0.3, 0.4) is 0 Å². The van der Waals surface area contributed by atoms with Crippen LogP contribution in [0.4, 0.5) is 0 Å². The molecular formula is C57H104O6. The van der Waals surface area contributed by atoms with Gasteiger partial charge in [0.25, 0.3) is 0 Å². The zero-order chi connectivity index (χ0) is 45.8. The van der Waals surface area contributed by atoms with Gasteiger partial charge in [-0.25, -0.2) is 0 Å². The molecule has 0 aliphatic rings. The van der Waals surface area contributed by atoms with Gasteiger partial charge in [-0.15, -0.1) is 0 Å². The topological polar surface area (TPSA) is 78.9 Å². The molecule has 0 rings (SSSR count). The standard InChI is InChI=1S/C57H104O6/c1-4-7-10-13-16-19-22-24-26-27-28-29-31-33-36-38-41-44-47-50-56(59)62-53-54(63-57(60)51-48-45-42-39-34-21-18-15-12-9-6-3)52-61-55(58)49-46-43-40-37-35-32-30-25-23-20-17-14-11-8-5-2/h15,17-18,20,25,30,54H,4-14,16,19,21-24,26-29,31-53H2,1-3H3/b18-15-,20-17-,30-25-/t54-/m1/s1. The summed E-state index contributed by atoms with van der Waals surface area (Å²) in [6.07, 6.45) is 61.3. The van der Waals surface area contributed by atoms with Crippen LogP contribution < -0.4 is 0 Å². The van der Waals surface area contributed by atoms with Gasteiger partial charge >= 0.3 is 17.9 Å². The van der Waals surface area contributed by atoms with Crippen molar-refractivity contribution < 1.29 is 28.6 Å². The molecule has 0 heterocycles. The average Bonchev–Trinajstić information content (AvgIpc) is 3.28. The number of allylic oxidation sites excluding steroid dienone is 6. The van der Waals surface area contributed by atoms with E-state index in [1.165, 1.54) is 161 Å². The maximum atomic E-state index is 12.8. The van der Waals surface area contributed by atoms with Gasteiger partial charge in [0.2, 0.25) is 0 Å². The van der Waals surface area contributed by atoms with Gasteiger partial charge in [0.1, 0.15) is 13.2 Å².